The predicted molar refractivity (Wildman–Crippen MR) is 100 cm³/mol. The van der Waals surface area contributed by atoms with Crippen LogP contribution in [0.5, 0.6) is 0 Å². The molecule has 26 heavy (non-hydrogen) atoms. The summed E-state index contributed by atoms with van der Waals surface area (Å²) in [7, 11) is -3.29. The van der Waals surface area contributed by atoms with E-state index in [1.807, 2.05) is 0 Å². The van der Waals surface area contributed by atoms with E-state index in [9.17, 15) is 17.6 Å². The molecule has 0 spiro atoms. The summed E-state index contributed by atoms with van der Waals surface area (Å²) in [4.78, 5) is 12.4. The second kappa shape index (κ2) is 7.07. The highest BCUT2D eigenvalue weighted by molar-refractivity contribution is 7.92. The summed E-state index contributed by atoms with van der Waals surface area (Å²) in [5.74, 6) is -0.913. The number of nitrogens with one attached hydrogen (secondary N) is 1. The van der Waals surface area contributed by atoms with Gasteiger partial charge in [-0.25, -0.2) is 12.8 Å². The lowest BCUT2D eigenvalue weighted by atomic mass is 10.00. The number of amides is 1. The van der Waals surface area contributed by atoms with Crippen LogP contribution in [0.25, 0.3) is 0 Å². The largest absolute Gasteiger partial charge is 0.326 e. The number of hydrogen-bond acceptors (Lipinski definition) is 3. The monoisotopic (exact) mass is 376 g/mol. The molecule has 0 fully saturated rings. The molecule has 1 amide bonds. The smallest absolute Gasteiger partial charge is 0.232 e. The van der Waals surface area contributed by atoms with E-state index < -0.39 is 15.9 Å². The molecule has 5 nitrogen and oxygen atoms in total. The molecule has 0 saturated heterocycles. The molecule has 0 aliphatic carbocycles. The van der Waals surface area contributed by atoms with Gasteiger partial charge in [-0.1, -0.05) is 25.1 Å². The van der Waals surface area contributed by atoms with Gasteiger partial charge in [-0.05, 0) is 48.2 Å². The average Bonchev–Trinajstić information content (AvgIpc) is 3.00. The molecule has 1 heterocycles. The Morgan fingerprint density at radius 3 is 2.69 bits per heavy atom. The molecule has 0 bridgehead atoms. The SMILES string of the molecule is CC(Cc1ccccc1F)C(=O)Nc1ccc2c(c1)CCN2S(C)(=O)=O. The number of carbonyl (C=O) groups is 1. The van der Waals surface area contributed by atoms with Gasteiger partial charge in [-0.2, -0.15) is 0 Å². The van der Waals surface area contributed by atoms with Crippen LogP contribution in [0.2, 0.25) is 0 Å². The Morgan fingerprint density at radius 1 is 1.27 bits per heavy atom. The fraction of sp³-hybridized carbons (Fsp3) is 0.316. The van der Waals surface area contributed by atoms with Gasteiger partial charge in [-0.3, -0.25) is 9.10 Å². The molecule has 0 radical (unpaired) electrons. The van der Waals surface area contributed by atoms with Crippen LogP contribution in [-0.4, -0.2) is 27.1 Å². The van der Waals surface area contributed by atoms with Crippen LogP contribution in [-0.2, 0) is 27.7 Å². The summed E-state index contributed by atoms with van der Waals surface area (Å²) in [5, 5.41) is 2.84. The van der Waals surface area contributed by atoms with Crippen molar-refractivity contribution in [2.75, 3.05) is 22.4 Å². The third-order valence-corrected chi connectivity index (χ3v) is 5.71. The molecule has 1 aliphatic rings. The van der Waals surface area contributed by atoms with Crippen molar-refractivity contribution in [2.24, 2.45) is 5.92 Å². The van der Waals surface area contributed by atoms with Crippen LogP contribution in [0.1, 0.15) is 18.1 Å². The normalized spacial score (nSPS) is 14.8. The number of sulfonamides is 1. The lowest BCUT2D eigenvalue weighted by molar-refractivity contribution is -0.119. The average molecular weight is 376 g/mol. The Kier molecular flexibility index (Phi) is 5.00. The van der Waals surface area contributed by atoms with Crippen LogP contribution < -0.4 is 9.62 Å². The van der Waals surface area contributed by atoms with E-state index in [0.29, 0.717) is 36.3 Å². The zero-order valence-electron chi connectivity index (χ0n) is 14.7. The molecule has 1 unspecified atom stereocenters. The van der Waals surface area contributed by atoms with Crippen molar-refractivity contribution in [3.8, 4) is 0 Å². The minimum Gasteiger partial charge on any atom is -0.326 e. The van der Waals surface area contributed by atoms with Crippen molar-refractivity contribution in [1.29, 1.82) is 0 Å². The summed E-state index contributed by atoms with van der Waals surface area (Å²) in [6, 6.07) is 11.6. The van der Waals surface area contributed by atoms with Gasteiger partial charge in [0.05, 0.1) is 11.9 Å². The van der Waals surface area contributed by atoms with Crippen molar-refractivity contribution >= 4 is 27.3 Å². The fourth-order valence-electron chi connectivity index (χ4n) is 3.15. The maximum absolute atomic E-state index is 13.7. The molecule has 2 aromatic rings. The van der Waals surface area contributed by atoms with Crippen molar-refractivity contribution in [3.63, 3.8) is 0 Å². The summed E-state index contributed by atoms with van der Waals surface area (Å²) in [6.45, 7) is 2.16. The Hall–Kier alpha value is -2.41. The first-order chi connectivity index (χ1) is 12.3. The van der Waals surface area contributed by atoms with Gasteiger partial charge in [0.25, 0.3) is 0 Å². The van der Waals surface area contributed by atoms with Crippen molar-refractivity contribution in [3.05, 3.63) is 59.4 Å². The van der Waals surface area contributed by atoms with Crippen molar-refractivity contribution in [2.45, 2.75) is 19.8 Å². The molecule has 7 heteroatoms. The lowest BCUT2D eigenvalue weighted by Crippen LogP contribution is -2.27. The van der Waals surface area contributed by atoms with Crippen LogP contribution in [0, 0.1) is 11.7 Å². The van der Waals surface area contributed by atoms with E-state index in [1.54, 1.807) is 43.3 Å². The van der Waals surface area contributed by atoms with Crippen molar-refractivity contribution in [1.82, 2.24) is 0 Å². The van der Waals surface area contributed by atoms with Crippen molar-refractivity contribution < 1.29 is 17.6 Å². The Balaban J connectivity index is 1.70. The zero-order valence-corrected chi connectivity index (χ0v) is 15.5. The van der Waals surface area contributed by atoms with Gasteiger partial charge < -0.3 is 5.32 Å². The third-order valence-electron chi connectivity index (χ3n) is 4.53. The molecule has 1 aliphatic heterocycles. The van der Waals surface area contributed by atoms with Crippen LogP contribution in [0.4, 0.5) is 15.8 Å². The first kappa shape index (κ1) is 18.4. The maximum atomic E-state index is 13.7. The van der Waals surface area contributed by atoms with Gasteiger partial charge >= 0.3 is 0 Å². The molecule has 0 saturated carbocycles. The quantitative estimate of drug-likeness (QED) is 0.872. The Labute approximate surface area is 152 Å². The maximum Gasteiger partial charge on any atom is 0.232 e. The minimum atomic E-state index is -3.29. The minimum absolute atomic E-state index is 0.203. The summed E-state index contributed by atoms with van der Waals surface area (Å²) in [6.07, 6.45) is 2.10. The summed E-state index contributed by atoms with van der Waals surface area (Å²) < 4.78 is 38.7. The van der Waals surface area contributed by atoms with Gasteiger partial charge in [0.15, 0.2) is 0 Å². The van der Waals surface area contributed by atoms with Crippen LogP contribution >= 0.6 is 0 Å². The lowest BCUT2D eigenvalue weighted by Gasteiger charge is -2.17. The third kappa shape index (κ3) is 3.88. The Morgan fingerprint density at radius 2 is 2.00 bits per heavy atom. The topological polar surface area (TPSA) is 66.5 Å². The molecule has 138 valence electrons. The summed E-state index contributed by atoms with van der Waals surface area (Å²) >= 11 is 0. The summed E-state index contributed by atoms with van der Waals surface area (Å²) in [5.41, 5.74) is 2.66. The second-order valence-corrected chi connectivity index (χ2v) is 8.52. The van der Waals surface area contributed by atoms with Gasteiger partial charge in [-0.15, -0.1) is 0 Å². The van der Waals surface area contributed by atoms with E-state index in [-0.39, 0.29) is 11.7 Å². The van der Waals surface area contributed by atoms with E-state index in [2.05, 4.69) is 5.32 Å². The number of halogens is 1. The highest BCUT2D eigenvalue weighted by Crippen LogP contribution is 2.32. The van der Waals surface area contributed by atoms with E-state index >= 15 is 0 Å². The number of rotatable bonds is 5. The highest BCUT2D eigenvalue weighted by atomic mass is 32.2. The number of benzene rings is 2. The van der Waals surface area contributed by atoms with E-state index in [4.69, 9.17) is 0 Å². The van der Waals surface area contributed by atoms with E-state index in [0.717, 1.165) is 5.56 Å². The standard InChI is InChI=1S/C19H21FN2O3S/c1-13(11-14-5-3-4-6-17(14)20)19(23)21-16-7-8-18-15(12-16)9-10-22(18)26(2,24)25/h3-8,12-13H,9-11H2,1-2H3,(H,21,23). The first-order valence-electron chi connectivity index (χ1n) is 8.40. The van der Waals surface area contributed by atoms with Crippen LogP contribution in [0.15, 0.2) is 42.5 Å². The van der Waals surface area contributed by atoms with Gasteiger partial charge in [0.1, 0.15) is 5.82 Å². The molecule has 3 rings (SSSR count). The second-order valence-electron chi connectivity index (χ2n) is 6.61. The number of fused-ring (bicyclic) bond motifs is 1. The number of carbonyl (C=O) groups excluding carboxylic acids is 1. The number of nitrogens with zero attached hydrogens (tertiary/aromatic N) is 1. The Bertz CT molecular complexity index is 944. The fourth-order valence-corrected chi connectivity index (χ4v) is 4.10. The predicted octanol–water partition coefficient (Wildman–Crippen LogP) is 2.97. The molecular formula is C19H21FN2O3S. The van der Waals surface area contributed by atoms with E-state index in [1.165, 1.54) is 16.6 Å². The first-order valence-corrected chi connectivity index (χ1v) is 10.3. The molecular weight excluding hydrogens is 355 g/mol. The van der Waals surface area contributed by atoms with Gasteiger partial charge in [0.2, 0.25) is 15.9 Å². The molecule has 2 aromatic carbocycles. The van der Waals surface area contributed by atoms with Crippen LogP contribution in [0.3, 0.4) is 0 Å². The van der Waals surface area contributed by atoms with Gasteiger partial charge in [0, 0.05) is 18.2 Å². The highest BCUT2D eigenvalue weighted by Gasteiger charge is 2.26. The number of hydrogen-bond donors (Lipinski definition) is 1. The molecule has 0 aromatic heterocycles. The molecule has 1 atom stereocenters. The zero-order chi connectivity index (χ0) is 18.9. The molecule has 1 N–H and O–H groups in total. The number of anilines is 2.